The normalized spacial score (nSPS) is 11.1. The van der Waals surface area contributed by atoms with Crippen molar-refractivity contribution in [1.82, 2.24) is 5.32 Å². The number of para-hydroxylation sites is 1. The van der Waals surface area contributed by atoms with Crippen molar-refractivity contribution >= 4 is 21.8 Å². The summed E-state index contributed by atoms with van der Waals surface area (Å²) >= 11 is 3.52. The minimum Gasteiger partial charge on any atom is -0.496 e. The summed E-state index contributed by atoms with van der Waals surface area (Å²) in [6.45, 7) is 7.09. The fourth-order valence-electron chi connectivity index (χ4n) is 2.69. The van der Waals surface area contributed by atoms with Crippen LogP contribution in [0.2, 0.25) is 0 Å². The van der Waals surface area contributed by atoms with Gasteiger partial charge in [-0.25, -0.2) is 0 Å². The number of aryl methyl sites for hydroxylation is 1. The Hall–Kier alpha value is -2.01. The fraction of sp³-hybridized carbons (Fsp3) is 0.409. The van der Waals surface area contributed by atoms with Crippen LogP contribution in [0.5, 0.6) is 11.5 Å². The zero-order valence-electron chi connectivity index (χ0n) is 16.5. The molecule has 4 nitrogen and oxygen atoms in total. The molecule has 0 atom stereocenters. The molecule has 2 rings (SSSR count). The summed E-state index contributed by atoms with van der Waals surface area (Å²) in [5.41, 5.74) is 2.43. The maximum atomic E-state index is 12.0. The van der Waals surface area contributed by atoms with Gasteiger partial charge in [0.2, 0.25) is 0 Å². The Morgan fingerprint density at radius 1 is 1.11 bits per heavy atom. The second-order valence-electron chi connectivity index (χ2n) is 7.45. The van der Waals surface area contributed by atoms with E-state index < -0.39 is 0 Å². The van der Waals surface area contributed by atoms with E-state index in [0.29, 0.717) is 12.3 Å². The number of methoxy groups -OCH3 is 1. The predicted molar refractivity (Wildman–Crippen MR) is 113 cm³/mol. The molecule has 0 heterocycles. The van der Waals surface area contributed by atoms with Crippen LogP contribution in [0.3, 0.4) is 0 Å². The SMILES string of the molecule is COc1ccccc1CCCNC(=O)COc1ccc(C(C)(C)C)cc1Br. The Bertz CT molecular complexity index is 768. The van der Waals surface area contributed by atoms with Crippen molar-refractivity contribution in [3.8, 4) is 11.5 Å². The van der Waals surface area contributed by atoms with Crippen LogP contribution in [0.15, 0.2) is 46.9 Å². The molecule has 0 aliphatic carbocycles. The molecule has 0 unspecified atom stereocenters. The number of hydrogen-bond donors (Lipinski definition) is 1. The third kappa shape index (κ3) is 6.58. The average Bonchev–Trinajstić information content (AvgIpc) is 2.63. The summed E-state index contributed by atoms with van der Waals surface area (Å²) in [4.78, 5) is 12.0. The fourth-order valence-corrected chi connectivity index (χ4v) is 3.19. The van der Waals surface area contributed by atoms with E-state index in [9.17, 15) is 4.79 Å². The number of hydrogen-bond acceptors (Lipinski definition) is 3. The Kier molecular flexibility index (Phi) is 7.72. The number of benzene rings is 2. The van der Waals surface area contributed by atoms with Gasteiger partial charge in [-0.1, -0.05) is 45.0 Å². The third-order valence-corrected chi connectivity index (χ3v) is 4.91. The highest BCUT2D eigenvalue weighted by Crippen LogP contribution is 2.31. The number of halogens is 1. The van der Waals surface area contributed by atoms with E-state index in [2.05, 4.69) is 42.0 Å². The van der Waals surface area contributed by atoms with E-state index in [-0.39, 0.29) is 17.9 Å². The molecule has 5 heteroatoms. The maximum absolute atomic E-state index is 12.0. The lowest BCUT2D eigenvalue weighted by molar-refractivity contribution is -0.123. The molecule has 1 N–H and O–H groups in total. The van der Waals surface area contributed by atoms with Crippen LogP contribution in [0, 0.1) is 0 Å². The Balaban J connectivity index is 1.75. The lowest BCUT2D eigenvalue weighted by atomic mass is 9.87. The third-order valence-electron chi connectivity index (χ3n) is 4.29. The van der Waals surface area contributed by atoms with Gasteiger partial charge in [0.25, 0.3) is 5.91 Å². The summed E-state index contributed by atoms with van der Waals surface area (Å²) in [5.74, 6) is 1.43. The second kappa shape index (κ2) is 9.79. The average molecular weight is 434 g/mol. The van der Waals surface area contributed by atoms with Crippen molar-refractivity contribution in [2.75, 3.05) is 20.3 Å². The molecule has 0 fully saturated rings. The van der Waals surface area contributed by atoms with E-state index >= 15 is 0 Å². The van der Waals surface area contributed by atoms with Crippen molar-refractivity contribution in [2.45, 2.75) is 39.0 Å². The van der Waals surface area contributed by atoms with Gasteiger partial charge in [0.1, 0.15) is 11.5 Å². The zero-order chi connectivity index (χ0) is 19.9. The van der Waals surface area contributed by atoms with Gasteiger partial charge in [-0.15, -0.1) is 0 Å². The van der Waals surface area contributed by atoms with Gasteiger partial charge in [-0.05, 0) is 63.5 Å². The maximum Gasteiger partial charge on any atom is 0.257 e. The highest BCUT2D eigenvalue weighted by atomic mass is 79.9. The lowest BCUT2D eigenvalue weighted by Gasteiger charge is -2.20. The van der Waals surface area contributed by atoms with Crippen molar-refractivity contribution in [3.05, 3.63) is 58.1 Å². The summed E-state index contributed by atoms with van der Waals surface area (Å²) in [6, 6.07) is 13.9. The van der Waals surface area contributed by atoms with Gasteiger partial charge in [0.15, 0.2) is 6.61 Å². The van der Waals surface area contributed by atoms with E-state index in [0.717, 1.165) is 28.6 Å². The number of amides is 1. The van der Waals surface area contributed by atoms with Crippen LogP contribution in [-0.2, 0) is 16.6 Å². The van der Waals surface area contributed by atoms with E-state index in [1.165, 1.54) is 5.56 Å². The molecule has 0 bridgehead atoms. The minimum absolute atomic E-state index is 0.00211. The lowest BCUT2D eigenvalue weighted by Crippen LogP contribution is -2.30. The van der Waals surface area contributed by atoms with Gasteiger partial charge >= 0.3 is 0 Å². The molecule has 0 radical (unpaired) electrons. The number of ether oxygens (including phenoxy) is 2. The standard InChI is InChI=1S/C22H28BrNO3/c1-22(2,3)17-11-12-20(18(23)14-17)27-15-21(25)24-13-7-9-16-8-5-6-10-19(16)26-4/h5-6,8,10-12,14H,7,9,13,15H2,1-4H3,(H,24,25). The summed E-state index contributed by atoms with van der Waals surface area (Å²) < 4.78 is 11.8. The molecule has 27 heavy (non-hydrogen) atoms. The van der Waals surface area contributed by atoms with Crippen molar-refractivity contribution in [1.29, 1.82) is 0 Å². The molecule has 0 saturated heterocycles. The van der Waals surface area contributed by atoms with Crippen LogP contribution >= 0.6 is 15.9 Å². The van der Waals surface area contributed by atoms with Crippen LogP contribution in [-0.4, -0.2) is 26.2 Å². The zero-order valence-corrected chi connectivity index (χ0v) is 18.1. The smallest absolute Gasteiger partial charge is 0.257 e. The Morgan fingerprint density at radius 2 is 1.85 bits per heavy atom. The van der Waals surface area contributed by atoms with Gasteiger partial charge in [0.05, 0.1) is 11.6 Å². The molecule has 0 saturated carbocycles. The van der Waals surface area contributed by atoms with Crippen LogP contribution < -0.4 is 14.8 Å². The first-order valence-electron chi connectivity index (χ1n) is 9.12. The molecule has 0 aromatic heterocycles. The highest BCUT2D eigenvalue weighted by Gasteiger charge is 2.15. The number of carbonyl (C=O) groups is 1. The molecule has 1 amide bonds. The quantitative estimate of drug-likeness (QED) is 0.603. The van der Waals surface area contributed by atoms with E-state index in [4.69, 9.17) is 9.47 Å². The molecule has 146 valence electrons. The number of nitrogens with one attached hydrogen (secondary N) is 1. The molecule has 0 spiro atoms. The first-order chi connectivity index (χ1) is 12.8. The largest absolute Gasteiger partial charge is 0.496 e. The van der Waals surface area contributed by atoms with E-state index in [1.54, 1.807) is 7.11 Å². The minimum atomic E-state index is -0.123. The molecular weight excluding hydrogens is 406 g/mol. The molecule has 0 aliphatic rings. The Labute approximate surface area is 170 Å². The van der Waals surface area contributed by atoms with Crippen molar-refractivity contribution in [2.24, 2.45) is 0 Å². The topological polar surface area (TPSA) is 47.6 Å². The van der Waals surface area contributed by atoms with E-state index in [1.807, 2.05) is 42.5 Å². The van der Waals surface area contributed by atoms with Crippen LogP contribution in [0.4, 0.5) is 0 Å². The molecular formula is C22H28BrNO3. The Morgan fingerprint density at radius 3 is 2.52 bits per heavy atom. The van der Waals surface area contributed by atoms with Crippen LogP contribution in [0.25, 0.3) is 0 Å². The molecule has 0 aliphatic heterocycles. The molecule has 2 aromatic rings. The first kappa shape index (κ1) is 21.3. The number of carbonyl (C=O) groups excluding carboxylic acids is 1. The van der Waals surface area contributed by atoms with Gasteiger partial charge in [-0.2, -0.15) is 0 Å². The summed E-state index contributed by atoms with van der Waals surface area (Å²) in [5, 5.41) is 2.90. The molecule has 2 aromatic carbocycles. The monoisotopic (exact) mass is 433 g/mol. The second-order valence-corrected chi connectivity index (χ2v) is 8.30. The van der Waals surface area contributed by atoms with Crippen molar-refractivity contribution in [3.63, 3.8) is 0 Å². The summed E-state index contributed by atoms with van der Waals surface area (Å²) in [7, 11) is 1.67. The van der Waals surface area contributed by atoms with Crippen molar-refractivity contribution < 1.29 is 14.3 Å². The number of rotatable bonds is 8. The van der Waals surface area contributed by atoms with Gasteiger partial charge < -0.3 is 14.8 Å². The summed E-state index contributed by atoms with van der Waals surface area (Å²) in [6.07, 6.45) is 1.70. The predicted octanol–water partition coefficient (Wildman–Crippen LogP) is 4.88. The van der Waals surface area contributed by atoms with Gasteiger partial charge in [0, 0.05) is 6.54 Å². The van der Waals surface area contributed by atoms with Gasteiger partial charge in [-0.3, -0.25) is 4.79 Å². The van der Waals surface area contributed by atoms with Crippen LogP contribution in [0.1, 0.15) is 38.3 Å². The first-order valence-corrected chi connectivity index (χ1v) is 9.92. The highest BCUT2D eigenvalue weighted by molar-refractivity contribution is 9.10.